The molecule has 0 saturated carbocycles. The molecule has 0 aliphatic rings. The van der Waals surface area contributed by atoms with E-state index in [-0.39, 0.29) is 11.7 Å². The number of rotatable bonds is 14. The Balaban J connectivity index is 2.42. The molecule has 34 heavy (non-hydrogen) atoms. The van der Waals surface area contributed by atoms with E-state index in [1.165, 1.54) is 0 Å². The van der Waals surface area contributed by atoms with E-state index < -0.39 is 11.6 Å². The molecule has 0 aliphatic heterocycles. The Morgan fingerprint density at radius 1 is 0.941 bits per heavy atom. The summed E-state index contributed by atoms with van der Waals surface area (Å²) in [6.07, 6.45) is 2.90. The van der Waals surface area contributed by atoms with Crippen LogP contribution in [-0.4, -0.2) is 47.8 Å². The summed E-state index contributed by atoms with van der Waals surface area (Å²) in [5.74, 6) is 0.334. The van der Waals surface area contributed by atoms with Crippen molar-refractivity contribution in [3.05, 3.63) is 42.5 Å². The average molecular weight is 469 g/mol. The SMILES string of the molecule is CC(C)CCN(CCC(C)C)[C@@](C)(C(=O)Nc1ccc2ccccc2c1)C(=O)[C@H](N)CCCN. The van der Waals surface area contributed by atoms with Gasteiger partial charge in [-0.25, -0.2) is 0 Å². The van der Waals surface area contributed by atoms with E-state index in [0.717, 1.165) is 23.6 Å². The third-order valence-corrected chi connectivity index (χ3v) is 6.57. The van der Waals surface area contributed by atoms with Crippen molar-refractivity contribution in [2.45, 2.75) is 71.9 Å². The summed E-state index contributed by atoms with van der Waals surface area (Å²) in [4.78, 5) is 29.7. The molecule has 0 spiro atoms. The lowest BCUT2D eigenvalue weighted by molar-refractivity contribution is -0.142. The number of carbonyl (C=O) groups is 2. The molecule has 188 valence electrons. The summed E-state index contributed by atoms with van der Waals surface area (Å²) in [6, 6.07) is 13.1. The molecule has 0 aromatic heterocycles. The molecule has 2 aromatic carbocycles. The highest BCUT2D eigenvalue weighted by Gasteiger charge is 2.47. The fourth-order valence-corrected chi connectivity index (χ4v) is 4.15. The van der Waals surface area contributed by atoms with Gasteiger partial charge in [0.25, 0.3) is 5.91 Å². The lowest BCUT2D eigenvalue weighted by Gasteiger charge is -2.41. The van der Waals surface area contributed by atoms with Gasteiger partial charge >= 0.3 is 0 Å². The molecule has 1 amide bonds. The lowest BCUT2D eigenvalue weighted by atomic mass is 9.85. The molecule has 2 aromatic rings. The normalized spacial score (nSPS) is 14.5. The second-order valence-corrected chi connectivity index (χ2v) is 10.3. The average Bonchev–Trinajstić information content (AvgIpc) is 2.81. The van der Waals surface area contributed by atoms with Gasteiger partial charge in [-0.1, -0.05) is 58.0 Å². The summed E-state index contributed by atoms with van der Waals surface area (Å²) >= 11 is 0. The molecule has 2 atom stereocenters. The van der Waals surface area contributed by atoms with Gasteiger partial charge in [0.15, 0.2) is 11.3 Å². The van der Waals surface area contributed by atoms with E-state index in [1.807, 2.05) is 47.4 Å². The van der Waals surface area contributed by atoms with Gasteiger partial charge in [-0.15, -0.1) is 0 Å². The fraction of sp³-hybridized carbons (Fsp3) is 0.571. The van der Waals surface area contributed by atoms with Crippen LogP contribution in [0.4, 0.5) is 5.69 Å². The quantitative estimate of drug-likeness (QED) is 0.353. The molecule has 0 unspecified atom stereocenters. The first-order valence-electron chi connectivity index (χ1n) is 12.6. The molecular formula is C28H44N4O2. The number of hydrogen-bond acceptors (Lipinski definition) is 5. The summed E-state index contributed by atoms with van der Waals surface area (Å²) in [7, 11) is 0. The van der Waals surface area contributed by atoms with Crippen molar-refractivity contribution in [3.8, 4) is 0 Å². The summed E-state index contributed by atoms with van der Waals surface area (Å²) in [5, 5.41) is 5.17. The number of carbonyl (C=O) groups excluding carboxylic acids is 2. The van der Waals surface area contributed by atoms with Crippen LogP contribution in [0.1, 0.15) is 60.3 Å². The standard InChI is InChI=1S/C28H44N4O2/c1-20(2)14-17-32(18-15-21(3)4)28(5,26(33)25(30)11-8-16-29)27(34)31-24-13-12-22-9-6-7-10-23(22)19-24/h6-7,9-10,12-13,19-21,25H,8,11,14-18,29-30H2,1-5H3,(H,31,34)/t25-,28-/m1/s1. The van der Waals surface area contributed by atoms with Crippen molar-refractivity contribution in [2.24, 2.45) is 23.3 Å². The summed E-state index contributed by atoms with van der Waals surface area (Å²) < 4.78 is 0. The number of benzene rings is 2. The van der Waals surface area contributed by atoms with Gasteiger partial charge in [-0.05, 0) is 87.0 Å². The second kappa shape index (κ2) is 13.0. The number of nitrogens with zero attached hydrogens (tertiary/aromatic N) is 1. The number of amides is 1. The van der Waals surface area contributed by atoms with Crippen molar-refractivity contribution in [2.75, 3.05) is 25.0 Å². The smallest absolute Gasteiger partial charge is 0.252 e. The van der Waals surface area contributed by atoms with Crippen molar-refractivity contribution < 1.29 is 9.59 Å². The third kappa shape index (κ3) is 7.36. The van der Waals surface area contributed by atoms with Gasteiger partial charge < -0.3 is 16.8 Å². The number of nitrogens with one attached hydrogen (secondary N) is 1. The molecule has 0 saturated heterocycles. The highest BCUT2D eigenvalue weighted by molar-refractivity contribution is 6.16. The maximum Gasteiger partial charge on any atom is 0.252 e. The van der Waals surface area contributed by atoms with Gasteiger partial charge in [0.2, 0.25) is 0 Å². The molecule has 6 nitrogen and oxygen atoms in total. The lowest BCUT2D eigenvalue weighted by Crippen LogP contribution is -2.64. The minimum absolute atomic E-state index is 0.244. The highest BCUT2D eigenvalue weighted by atomic mass is 16.2. The molecule has 0 aliphatic carbocycles. The Kier molecular flexibility index (Phi) is 10.7. The Morgan fingerprint density at radius 3 is 2.09 bits per heavy atom. The van der Waals surface area contributed by atoms with Gasteiger partial charge in [-0.3, -0.25) is 14.5 Å². The zero-order valence-electron chi connectivity index (χ0n) is 21.6. The Hall–Kier alpha value is -2.28. The second-order valence-electron chi connectivity index (χ2n) is 10.3. The van der Waals surface area contributed by atoms with E-state index in [1.54, 1.807) is 6.92 Å². The zero-order chi connectivity index (χ0) is 25.3. The topological polar surface area (TPSA) is 101 Å². The first kappa shape index (κ1) is 28.0. The van der Waals surface area contributed by atoms with Crippen LogP contribution < -0.4 is 16.8 Å². The molecule has 0 fully saturated rings. The van der Waals surface area contributed by atoms with Gasteiger partial charge in [-0.2, -0.15) is 0 Å². The van der Waals surface area contributed by atoms with Gasteiger partial charge in [0.1, 0.15) is 0 Å². The molecule has 6 heteroatoms. The van der Waals surface area contributed by atoms with Crippen molar-refractivity contribution >= 4 is 28.2 Å². The number of Topliss-reactive ketones (excluding diaryl/α,β-unsaturated/α-hetero) is 1. The minimum Gasteiger partial charge on any atom is -0.330 e. The summed E-state index contributed by atoms with van der Waals surface area (Å²) in [5.41, 5.74) is 11.3. The van der Waals surface area contributed by atoms with Crippen LogP contribution in [0, 0.1) is 11.8 Å². The van der Waals surface area contributed by atoms with Crippen LogP contribution in [-0.2, 0) is 9.59 Å². The predicted molar refractivity (Wildman–Crippen MR) is 143 cm³/mol. The van der Waals surface area contributed by atoms with E-state index in [9.17, 15) is 9.59 Å². The van der Waals surface area contributed by atoms with Crippen LogP contribution in [0.25, 0.3) is 10.8 Å². The number of anilines is 1. The molecule has 0 radical (unpaired) electrons. The van der Waals surface area contributed by atoms with Crippen LogP contribution >= 0.6 is 0 Å². The van der Waals surface area contributed by atoms with Crippen LogP contribution in [0.2, 0.25) is 0 Å². The third-order valence-electron chi connectivity index (χ3n) is 6.57. The van der Waals surface area contributed by atoms with Crippen molar-refractivity contribution in [1.29, 1.82) is 0 Å². The number of hydrogen-bond donors (Lipinski definition) is 3. The Labute approximate surface area is 205 Å². The molecule has 2 rings (SSSR count). The fourth-order valence-electron chi connectivity index (χ4n) is 4.15. The monoisotopic (exact) mass is 468 g/mol. The van der Waals surface area contributed by atoms with Gasteiger partial charge in [0, 0.05) is 5.69 Å². The first-order chi connectivity index (χ1) is 16.1. The predicted octanol–water partition coefficient (Wildman–Crippen LogP) is 4.57. The maximum absolute atomic E-state index is 13.9. The van der Waals surface area contributed by atoms with Crippen LogP contribution in [0.5, 0.6) is 0 Å². The molecular weight excluding hydrogens is 424 g/mol. The summed E-state index contributed by atoms with van der Waals surface area (Å²) in [6.45, 7) is 12.1. The zero-order valence-corrected chi connectivity index (χ0v) is 21.6. The molecule has 0 bridgehead atoms. The Bertz CT molecular complexity index is 931. The van der Waals surface area contributed by atoms with E-state index in [4.69, 9.17) is 11.5 Å². The molecule has 5 N–H and O–H groups in total. The highest BCUT2D eigenvalue weighted by Crippen LogP contribution is 2.26. The number of nitrogens with two attached hydrogens (primary N) is 2. The van der Waals surface area contributed by atoms with E-state index in [2.05, 4.69) is 33.0 Å². The first-order valence-corrected chi connectivity index (χ1v) is 12.6. The van der Waals surface area contributed by atoms with Gasteiger partial charge in [0.05, 0.1) is 6.04 Å². The van der Waals surface area contributed by atoms with Crippen molar-refractivity contribution in [3.63, 3.8) is 0 Å². The Morgan fingerprint density at radius 2 is 1.53 bits per heavy atom. The molecule has 0 heterocycles. The number of ketones is 1. The largest absolute Gasteiger partial charge is 0.330 e. The number of fused-ring (bicyclic) bond motifs is 1. The van der Waals surface area contributed by atoms with E-state index in [0.29, 0.717) is 50.0 Å². The van der Waals surface area contributed by atoms with Crippen LogP contribution in [0.3, 0.4) is 0 Å². The van der Waals surface area contributed by atoms with Crippen molar-refractivity contribution in [1.82, 2.24) is 4.90 Å². The minimum atomic E-state index is -1.37. The maximum atomic E-state index is 13.9. The van der Waals surface area contributed by atoms with Crippen LogP contribution in [0.15, 0.2) is 42.5 Å². The van der Waals surface area contributed by atoms with E-state index >= 15 is 0 Å².